The Balaban J connectivity index is 2.59. The van der Waals surface area contributed by atoms with Crippen LogP contribution >= 0.6 is 0 Å². The van der Waals surface area contributed by atoms with Gasteiger partial charge >= 0.3 is 0 Å². The van der Waals surface area contributed by atoms with Gasteiger partial charge in [-0.05, 0) is 12.5 Å². The third-order valence-electron chi connectivity index (χ3n) is 2.13. The minimum absolute atomic E-state index is 0.0430. The quantitative estimate of drug-likeness (QED) is 0.787. The molecule has 0 spiro atoms. The molecule has 0 saturated carbocycles. The van der Waals surface area contributed by atoms with E-state index >= 15 is 0 Å². The average Bonchev–Trinajstić information content (AvgIpc) is 2.26. The lowest BCUT2D eigenvalue weighted by Gasteiger charge is -2.18. The van der Waals surface area contributed by atoms with Gasteiger partial charge < -0.3 is 10.6 Å². The Morgan fingerprint density at radius 1 is 1.31 bits per heavy atom. The summed E-state index contributed by atoms with van der Waals surface area (Å²) in [7, 11) is 0. The molecule has 1 aromatic rings. The normalized spacial score (nSPS) is 9.81. The summed E-state index contributed by atoms with van der Waals surface area (Å²) in [4.78, 5) is 23.9. The van der Waals surface area contributed by atoms with E-state index in [2.05, 4.69) is 0 Å². The molecule has 0 saturated heterocycles. The van der Waals surface area contributed by atoms with Crippen LogP contribution in [0, 0.1) is 6.42 Å². The molecule has 1 rings (SSSR count). The fourth-order valence-corrected chi connectivity index (χ4v) is 1.32. The van der Waals surface area contributed by atoms with Crippen LogP contribution in [0.4, 0.5) is 0 Å². The zero-order valence-electron chi connectivity index (χ0n) is 9.22. The van der Waals surface area contributed by atoms with Gasteiger partial charge in [-0.2, -0.15) is 0 Å². The number of nitrogens with two attached hydrogens (primary N) is 1. The molecular weight excluding hydrogens is 204 g/mol. The Hall–Kier alpha value is -1.84. The maximum absolute atomic E-state index is 11.7. The first-order valence-corrected chi connectivity index (χ1v) is 5.10. The summed E-state index contributed by atoms with van der Waals surface area (Å²) in [6.07, 6.45) is 1.49. The summed E-state index contributed by atoms with van der Waals surface area (Å²) in [6, 6.07) is 9.24. The molecule has 0 aliphatic heterocycles. The second kappa shape index (κ2) is 5.90. The average molecular weight is 219 g/mol. The number of hydrogen-bond donors (Lipinski definition) is 1. The van der Waals surface area contributed by atoms with Crippen molar-refractivity contribution in [3.8, 4) is 0 Å². The van der Waals surface area contributed by atoms with Gasteiger partial charge in [0.25, 0.3) is 0 Å². The first kappa shape index (κ1) is 12.2. The number of carbonyl (C=O) groups is 2. The van der Waals surface area contributed by atoms with E-state index in [-0.39, 0.29) is 12.5 Å². The van der Waals surface area contributed by atoms with Gasteiger partial charge in [0.05, 0.1) is 13.0 Å². The Morgan fingerprint density at radius 2 is 1.94 bits per heavy atom. The Morgan fingerprint density at radius 3 is 2.44 bits per heavy atom. The summed E-state index contributed by atoms with van der Waals surface area (Å²) in [5.74, 6) is -0.704. The minimum atomic E-state index is -0.503. The van der Waals surface area contributed by atoms with E-state index in [0.29, 0.717) is 6.54 Å². The van der Waals surface area contributed by atoms with E-state index < -0.39 is 5.91 Å². The Labute approximate surface area is 95.0 Å². The van der Waals surface area contributed by atoms with Gasteiger partial charge in [0.1, 0.15) is 0 Å². The van der Waals surface area contributed by atoms with Gasteiger partial charge in [-0.15, -0.1) is 0 Å². The van der Waals surface area contributed by atoms with Gasteiger partial charge in [0.15, 0.2) is 0 Å². The molecule has 85 valence electrons. The number of primary amides is 1. The largest absolute Gasteiger partial charge is 0.368 e. The Bertz CT molecular complexity index is 363. The van der Waals surface area contributed by atoms with Crippen molar-refractivity contribution in [1.29, 1.82) is 0 Å². The number of benzene rings is 1. The molecule has 0 aliphatic carbocycles. The van der Waals surface area contributed by atoms with Crippen LogP contribution in [-0.2, 0) is 9.59 Å². The van der Waals surface area contributed by atoms with Crippen LogP contribution in [0.25, 0.3) is 0 Å². The third-order valence-corrected chi connectivity index (χ3v) is 2.13. The summed E-state index contributed by atoms with van der Waals surface area (Å²) in [5, 5.41) is 0. The highest BCUT2D eigenvalue weighted by atomic mass is 16.2. The molecule has 4 nitrogen and oxygen atoms in total. The smallest absolute Gasteiger partial charge is 0.237 e. The molecule has 0 fully saturated rings. The molecule has 0 aromatic heterocycles. The van der Waals surface area contributed by atoms with E-state index in [9.17, 15) is 9.59 Å². The van der Waals surface area contributed by atoms with Crippen molar-refractivity contribution in [2.75, 3.05) is 13.1 Å². The van der Waals surface area contributed by atoms with Crippen molar-refractivity contribution in [3.63, 3.8) is 0 Å². The van der Waals surface area contributed by atoms with E-state index in [4.69, 9.17) is 5.73 Å². The number of nitrogens with zero attached hydrogens (tertiary/aromatic N) is 1. The number of rotatable bonds is 5. The van der Waals surface area contributed by atoms with E-state index in [1.165, 1.54) is 11.3 Å². The van der Waals surface area contributed by atoms with E-state index in [0.717, 1.165) is 5.56 Å². The predicted octanol–water partition coefficient (Wildman–Crippen LogP) is 0.573. The summed E-state index contributed by atoms with van der Waals surface area (Å²) in [5.41, 5.74) is 5.87. The summed E-state index contributed by atoms with van der Waals surface area (Å²) in [6.45, 7) is 2.23. The Kier molecular flexibility index (Phi) is 4.51. The standard InChI is InChI=1S/C12H15N2O2/c1-2-14(9-11(13)15)12(16)8-10-6-4-3-5-7-10/h3-8H,2,9H2,1H3,(H2,13,15). The van der Waals surface area contributed by atoms with Gasteiger partial charge in [-0.3, -0.25) is 9.59 Å². The zero-order chi connectivity index (χ0) is 12.0. The van der Waals surface area contributed by atoms with Crippen molar-refractivity contribution < 1.29 is 9.59 Å². The molecule has 1 aromatic carbocycles. The summed E-state index contributed by atoms with van der Waals surface area (Å²) < 4.78 is 0. The molecule has 4 heteroatoms. The molecule has 2 N–H and O–H groups in total. The molecule has 0 bridgehead atoms. The highest BCUT2D eigenvalue weighted by Gasteiger charge is 2.14. The van der Waals surface area contributed by atoms with Gasteiger partial charge in [-0.25, -0.2) is 0 Å². The predicted molar refractivity (Wildman–Crippen MR) is 61.3 cm³/mol. The number of hydrogen-bond acceptors (Lipinski definition) is 2. The number of carbonyl (C=O) groups excluding carboxylic acids is 2. The molecule has 0 aliphatic rings. The molecule has 16 heavy (non-hydrogen) atoms. The SMILES string of the molecule is CCN(CC(N)=O)C(=O)[CH]c1ccccc1. The third kappa shape index (κ3) is 3.73. The monoisotopic (exact) mass is 219 g/mol. The van der Waals surface area contributed by atoms with Crippen LogP contribution in [0.5, 0.6) is 0 Å². The van der Waals surface area contributed by atoms with Gasteiger partial charge in [-0.1, -0.05) is 30.3 Å². The van der Waals surface area contributed by atoms with Crippen molar-refractivity contribution in [3.05, 3.63) is 42.3 Å². The van der Waals surface area contributed by atoms with Crippen molar-refractivity contribution in [2.24, 2.45) is 5.73 Å². The van der Waals surface area contributed by atoms with Crippen LogP contribution in [0.1, 0.15) is 12.5 Å². The summed E-state index contributed by atoms with van der Waals surface area (Å²) >= 11 is 0. The van der Waals surface area contributed by atoms with E-state index in [1.807, 2.05) is 30.3 Å². The lowest BCUT2D eigenvalue weighted by molar-refractivity contribution is -0.131. The van der Waals surface area contributed by atoms with Crippen molar-refractivity contribution in [1.82, 2.24) is 4.90 Å². The zero-order valence-corrected chi connectivity index (χ0v) is 9.22. The van der Waals surface area contributed by atoms with Crippen molar-refractivity contribution >= 4 is 11.8 Å². The molecule has 0 atom stereocenters. The lowest BCUT2D eigenvalue weighted by atomic mass is 10.1. The molecule has 0 heterocycles. The highest BCUT2D eigenvalue weighted by Crippen LogP contribution is 2.04. The van der Waals surface area contributed by atoms with Crippen LogP contribution in [0.15, 0.2) is 30.3 Å². The molecule has 2 amide bonds. The van der Waals surface area contributed by atoms with Gasteiger partial charge in [0.2, 0.25) is 11.8 Å². The molecular formula is C12H15N2O2. The second-order valence-electron chi connectivity index (χ2n) is 3.37. The fraction of sp³-hybridized carbons (Fsp3) is 0.250. The van der Waals surface area contributed by atoms with Crippen LogP contribution in [0.2, 0.25) is 0 Å². The number of likely N-dealkylation sites (N-methyl/N-ethyl adjacent to an activating group) is 1. The number of amides is 2. The van der Waals surface area contributed by atoms with Crippen LogP contribution < -0.4 is 5.73 Å². The van der Waals surface area contributed by atoms with Gasteiger partial charge in [0, 0.05) is 6.54 Å². The van der Waals surface area contributed by atoms with Crippen LogP contribution in [0.3, 0.4) is 0 Å². The topological polar surface area (TPSA) is 63.4 Å². The molecule has 1 radical (unpaired) electrons. The minimum Gasteiger partial charge on any atom is -0.368 e. The maximum Gasteiger partial charge on any atom is 0.237 e. The first-order valence-electron chi connectivity index (χ1n) is 5.10. The van der Waals surface area contributed by atoms with E-state index in [1.54, 1.807) is 6.92 Å². The fourth-order valence-electron chi connectivity index (χ4n) is 1.32. The lowest BCUT2D eigenvalue weighted by Crippen LogP contribution is -2.38. The maximum atomic E-state index is 11.7. The second-order valence-corrected chi connectivity index (χ2v) is 3.37. The first-order chi connectivity index (χ1) is 7.63. The van der Waals surface area contributed by atoms with Crippen molar-refractivity contribution in [2.45, 2.75) is 6.92 Å². The van der Waals surface area contributed by atoms with Crippen LogP contribution in [-0.4, -0.2) is 29.8 Å². The highest BCUT2D eigenvalue weighted by molar-refractivity contribution is 5.91. The molecule has 0 unspecified atom stereocenters.